The molecule has 0 bridgehead atoms. The quantitative estimate of drug-likeness (QED) is 0.0719. The van der Waals surface area contributed by atoms with E-state index in [0.29, 0.717) is 24.3 Å². The van der Waals surface area contributed by atoms with Gasteiger partial charge in [-0.15, -0.1) is 18.2 Å². The first kappa shape index (κ1) is 40.1. The minimum absolute atomic E-state index is 0.00409. The van der Waals surface area contributed by atoms with Crippen LogP contribution in [0.5, 0.6) is 5.88 Å². The predicted molar refractivity (Wildman–Crippen MR) is 188 cm³/mol. The lowest BCUT2D eigenvalue weighted by Crippen LogP contribution is -2.48. The maximum Gasteiger partial charge on any atom is 0.445 e. The van der Waals surface area contributed by atoms with Gasteiger partial charge in [0.1, 0.15) is 19.8 Å². The summed E-state index contributed by atoms with van der Waals surface area (Å²) < 4.78 is 46.0. The Morgan fingerprint density at radius 3 is 2.35 bits per heavy atom. The van der Waals surface area contributed by atoms with Crippen LogP contribution in [0.2, 0.25) is 0 Å². The highest BCUT2D eigenvalue weighted by atomic mass is 35.5. The molecule has 280 valence electrons. The number of allylic oxidation sites excluding steroid dienone is 2. The molecule has 0 spiro atoms. The summed E-state index contributed by atoms with van der Waals surface area (Å²) in [5.74, 6) is -0.196. The molecule has 13 nitrogen and oxygen atoms in total. The molecule has 2 heterocycles. The van der Waals surface area contributed by atoms with Crippen LogP contribution in [0.1, 0.15) is 45.4 Å². The zero-order valence-electron chi connectivity index (χ0n) is 29.3. The number of alkyl halides is 1. The van der Waals surface area contributed by atoms with Gasteiger partial charge in [0.2, 0.25) is 5.16 Å². The standard InChI is InChI=1S/C36H50ClN4O9S/c1-5-36(4)15-14-29(24-31(36)27(2)25-37)28(3)26-40-18-16-39(17-19-40)20-21-47-32(42)12-9-13-33(43)48-22-23-49-34-35(41(44)50-38-34)51(45,46)30-10-7-6-8-11-30/h5-8,10-11,29,31,44H,1-3,9,12-26H2,4H3/q+1/t29-,31+,36-/m1/s1. The first-order chi connectivity index (χ1) is 24.4. The molecule has 1 aromatic carbocycles. The minimum atomic E-state index is -4.20. The average molecular weight is 750 g/mol. The molecule has 2 fully saturated rings. The van der Waals surface area contributed by atoms with Crippen LogP contribution in [0.25, 0.3) is 0 Å². The molecule has 4 rings (SSSR count). The summed E-state index contributed by atoms with van der Waals surface area (Å²) in [6.07, 6.45) is 5.55. The van der Waals surface area contributed by atoms with Crippen molar-refractivity contribution in [1.29, 1.82) is 0 Å². The Labute approximate surface area is 305 Å². The molecule has 1 aliphatic carbocycles. The number of rotatable bonds is 19. The van der Waals surface area contributed by atoms with Crippen LogP contribution in [0.4, 0.5) is 0 Å². The predicted octanol–water partition coefficient (Wildman–Crippen LogP) is 4.25. The molecule has 1 N–H and O–H groups in total. The fraction of sp³-hybridized carbons (Fsp3) is 0.556. The number of nitrogens with zero attached hydrogens (tertiary/aromatic N) is 4. The molecular formula is C36H50ClN4O9S+. The summed E-state index contributed by atoms with van der Waals surface area (Å²) >= 11 is 6.17. The van der Waals surface area contributed by atoms with E-state index >= 15 is 0 Å². The number of carbonyl (C=O) groups excluding carboxylic acids is 2. The lowest BCUT2D eigenvalue weighted by atomic mass is 9.61. The lowest BCUT2D eigenvalue weighted by molar-refractivity contribution is -1.06. The Bertz CT molecular complexity index is 1630. The Kier molecular flexibility index (Phi) is 14.7. The topological polar surface area (TPSA) is 153 Å². The molecule has 1 saturated heterocycles. The second-order valence-electron chi connectivity index (χ2n) is 13.3. The van der Waals surface area contributed by atoms with E-state index in [1.54, 1.807) is 6.07 Å². The van der Waals surface area contributed by atoms with Gasteiger partial charge in [-0.2, -0.15) is 0 Å². The lowest BCUT2D eigenvalue weighted by Gasteiger charge is -2.45. The van der Waals surface area contributed by atoms with E-state index in [2.05, 4.69) is 52.3 Å². The van der Waals surface area contributed by atoms with Crippen LogP contribution >= 0.6 is 11.6 Å². The van der Waals surface area contributed by atoms with Crippen molar-refractivity contribution in [3.05, 3.63) is 67.3 Å². The third-order valence-electron chi connectivity index (χ3n) is 9.83. The monoisotopic (exact) mass is 749 g/mol. The Balaban J connectivity index is 1.05. The molecule has 3 atom stereocenters. The molecule has 1 aliphatic heterocycles. The Morgan fingerprint density at radius 2 is 1.71 bits per heavy atom. The molecule has 51 heavy (non-hydrogen) atoms. The highest BCUT2D eigenvalue weighted by Crippen LogP contribution is 2.49. The van der Waals surface area contributed by atoms with E-state index in [1.807, 2.05) is 0 Å². The number of esters is 2. The highest BCUT2D eigenvalue weighted by molar-refractivity contribution is 7.91. The van der Waals surface area contributed by atoms with Crippen molar-refractivity contribution in [2.45, 2.75) is 55.4 Å². The molecule has 1 aromatic heterocycles. The van der Waals surface area contributed by atoms with Crippen LogP contribution in [-0.4, -0.2) is 105 Å². The van der Waals surface area contributed by atoms with Gasteiger partial charge in [-0.1, -0.05) is 55.5 Å². The number of piperazine rings is 1. The van der Waals surface area contributed by atoms with E-state index < -0.39 is 26.7 Å². The second-order valence-corrected chi connectivity index (χ2v) is 15.4. The fourth-order valence-electron chi connectivity index (χ4n) is 6.61. The third-order valence-corrected chi connectivity index (χ3v) is 11.9. The normalized spacial score (nSPS) is 21.5. The summed E-state index contributed by atoms with van der Waals surface area (Å²) in [6.45, 7) is 20.0. The van der Waals surface area contributed by atoms with Gasteiger partial charge in [0, 0.05) is 58.0 Å². The zero-order chi connectivity index (χ0) is 37.0. The molecule has 2 aromatic rings. The summed E-state index contributed by atoms with van der Waals surface area (Å²) in [5, 5.41) is 12.6. The molecule has 0 amide bonds. The van der Waals surface area contributed by atoms with E-state index in [0.717, 1.165) is 57.6 Å². The largest absolute Gasteiger partial charge is 0.464 e. The highest BCUT2D eigenvalue weighted by Gasteiger charge is 2.41. The molecule has 2 aliphatic rings. The van der Waals surface area contributed by atoms with Crippen LogP contribution in [-0.2, 0) is 28.9 Å². The van der Waals surface area contributed by atoms with Crippen molar-refractivity contribution in [3.63, 3.8) is 0 Å². The smallest absolute Gasteiger partial charge is 0.445 e. The zero-order valence-corrected chi connectivity index (χ0v) is 30.9. The minimum Gasteiger partial charge on any atom is -0.464 e. The van der Waals surface area contributed by atoms with Crippen molar-refractivity contribution in [3.8, 4) is 5.88 Å². The number of hydrogen-bond acceptors (Lipinski definition) is 12. The number of carbonyl (C=O) groups is 2. The summed E-state index contributed by atoms with van der Waals surface area (Å²) in [5.41, 5.74) is 2.37. The van der Waals surface area contributed by atoms with Gasteiger partial charge in [-0.3, -0.25) is 19.4 Å². The number of hydrogen-bond donors (Lipinski definition) is 1. The van der Waals surface area contributed by atoms with Crippen molar-refractivity contribution < 1.29 is 47.0 Å². The number of aromatic nitrogens is 2. The Hall–Kier alpha value is -3.72. The second kappa shape index (κ2) is 18.7. The van der Waals surface area contributed by atoms with Gasteiger partial charge >= 0.3 is 22.8 Å². The molecular weight excluding hydrogens is 700 g/mol. The van der Waals surface area contributed by atoms with Gasteiger partial charge in [-0.05, 0) is 59.7 Å². The van der Waals surface area contributed by atoms with Crippen LogP contribution < -0.4 is 9.64 Å². The SMILES string of the molecule is C=C[C@]1(C)CC[C@@H](C(=C)CN2CCN(CCOC(=O)CCCC(=O)OCCOc3no[n+](O)c3S(=O)(=O)c3ccccc3)CC2)C[C@H]1C(=C)CCl. The van der Waals surface area contributed by atoms with Gasteiger partial charge in [0.05, 0.1) is 4.90 Å². The maximum absolute atomic E-state index is 12.8. The van der Waals surface area contributed by atoms with Crippen LogP contribution in [0.3, 0.4) is 0 Å². The molecule has 1 saturated carbocycles. The van der Waals surface area contributed by atoms with Crippen LogP contribution in [0.15, 0.2) is 81.8 Å². The van der Waals surface area contributed by atoms with E-state index in [4.69, 9.17) is 25.8 Å². The number of benzene rings is 1. The van der Waals surface area contributed by atoms with Crippen molar-refractivity contribution in [1.82, 2.24) is 15.0 Å². The summed E-state index contributed by atoms with van der Waals surface area (Å²) in [7, 11) is -4.20. The van der Waals surface area contributed by atoms with E-state index in [-0.39, 0.29) is 60.3 Å². The van der Waals surface area contributed by atoms with Crippen molar-refractivity contribution in [2.24, 2.45) is 17.3 Å². The molecule has 0 unspecified atom stereocenters. The first-order valence-corrected chi connectivity index (χ1v) is 19.2. The summed E-state index contributed by atoms with van der Waals surface area (Å²) in [6, 6.07) is 7.39. The van der Waals surface area contributed by atoms with Gasteiger partial charge in [-0.25, -0.2) is 8.42 Å². The third kappa shape index (κ3) is 10.9. The molecule has 15 heteroatoms. The van der Waals surface area contributed by atoms with Crippen LogP contribution in [0, 0.1) is 17.3 Å². The van der Waals surface area contributed by atoms with Gasteiger partial charge < -0.3 is 19.4 Å². The van der Waals surface area contributed by atoms with E-state index in [9.17, 15) is 23.2 Å². The fourth-order valence-corrected chi connectivity index (χ4v) is 8.10. The van der Waals surface area contributed by atoms with Gasteiger partial charge in [0.15, 0.2) is 4.90 Å². The number of ether oxygens (including phenoxy) is 3. The van der Waals surface area contributed by atoms with Crippen molar-refractivity contribution in [2.75, 3.05) is 65.0 Å². The average Bonchev–Trinajstić information content (AvgIpc) is 3.51. The van der Waals surface area contributed by atoms with Crippen molar-refractivity contribution >= 4 is 33.4 Å². The number of halogens is 1. The first-order valence-electron chi connectivity index (χ1n) is 17.2. The number of sulfone groups is 1. The maximum atomic E-state index is 12.8. The van der Waals surface area contributed by atoms with Gasteiger partial charge in [0.25, 0.3) is 9.84 Å². The molecule has 0 radical (unpaired) electrons. The van der Waals surface area contributed by atoms with E-state index in [1.165, 1.54) is 29.8 Å². The summed E-state index contributed by atoms with van der Waals surface area (Å²) in [4.78, 5) is 29.0. The Morgan fingerprint density at radius 1 is 1.06 bits per heavy atom.